The van der Waals surface area contributed by atoms with E-state index in [0.717, 1.165) is 11.8 Å². The standard InChI is InChI=1S/C12H9FN2O/c1-8-3-2-5-15-11(8)12(16)9-4-6-14-7-10(9)13/h2-7H,1H3. The van der Waals surface area contributed by atoms with Gasteiger partial charge in [-0.1, -0.05) is 6.07 Å². The predicted octanol–water partition coefficient (Wildman–Crippen LogP) is 2.16. The molecule has 4 heteroatoms. The van der Waals surface area contributed by atoms with Crippen molar-refractivity contribution in [1.29, 1.82) is 0 Å². The van der Waals surface area contributed by atoms with Crippen LogP contribution >= 0.6 is 0 Å². The Morgan fingerprint density at radius 2 is 2.12 bits per heavy atom. The number of aryl methyl sites for hydroxylation is 1. The first kappa shape index (κ1) is 10.4. The zero-order valence-electron chi connectivity index (χ0n) is 8.64. The van der Waals surface area contributed by atoms with Crippen molar-refractivity contribution < 1.29 is 9.18 Å². The largest absolute Gasteiger partial charge is 0.287 e. The highest BCUT2D eigenvalue weighted by Crippen LogP contribution is 2.13. The second kappa shape index (κ2) is 4.18. The molecular formula is C12H9FN2O. The molecule has 2 aromatic rings. The van der Waals surface area contributed by atoms with Gasteiger partial charge in [-0.2, -0.15) is 0 Å². The fraction of sp³-hybridized carbons (Fsp3) is 0.0833. The maximum atomic E-state index is 13.3. The molecule has 2 heterocycles. The SMILES string of the molecule is Cc1cccnc1C(=O)c1ccncc1F. The number of halogens is 1. The molecule has 0 atom stereocenters. The molecule has 0 bridgehead atoms. The van der Waals surface area contributed by atoms with Crippen molar-refractivity contribution in [2.24, 2.45) is 0 Å². The fourth-order valence-electron chi connectivity index (χ4n) is 1.41. The Balaban J connectivity index is 2.48. The van der Waals surface area contributed by atoms with Crippen LogP contribution in [0, 0.1) is 12.7 Å². The second-order valence-electron chi connectivity index (χ2n) is 3.35. The van der Waals surface area contributed by atoms with Gasteiger partial charge in [0.2, 0.25) is 5.78 Å². The number of pyridine rings is 2. The van der Waals surface area contributed by atoms with Gasteiger partial charge in [0.25, 0.3) is 0 Å². The Bertz CT molecular complexity index is 493. The lowest BCUT2D eigenvalue weighted by atomic mass is 10.1. The highest BCUT2D eigenvalue weighted by molar-refractivity contribution is 6.08. The van der Waals surface area contributed by atoms with E-state index in [1.54, 1.807) is 19.1 Å². The second-order valence-corrected chi connectivity index (χ2v) is 3.35. The van der Waals surface area contributed by atoms with Crippen molar-refractivity contribution in [2.45, 2.75) is 6.92 Å². The molecule has 0 radical (unpaired) electrons. The monoisotopic (exact) mass is 216 g/mol. The third kappa shape index (κ3) is 1.82. The van der Waals surface area contributed by atoms with E-state index in [2.05, 4.69) is 9.97 Å². The van der Waals surface area contributed by atoms with Gasteiger partial charge in [-0.25, -0.2) is 4.39 Å². The van der Waals surface area contributed by atoms with Crippen molar-refractivity contribution >= 4 is 5.78 Å². The van der Waals surface area contributed by atoms with E-state index in [-0.39, 0.29) is 11.3 Å². The molecule has 0 unspecified atom stereocenters. The van der Waals surface area contributed by atoms with Crippen molar-refractivity contribution in [3.8, 4) is 0 Å². The number of hydrogen-bond acceptors (Lipinski definition) is 3. The molecule has 0 saturated carbocycles. The van der Waals surface area contributed by atoms with Gasteiger partial charge in [0.15, 0.2) is 5.82 Å². The van der Waals surface area contributed by atoms with Crippen LogP contribution in [-0.4, -0.2) is 15.8 Å². The summed E-state index contributed by atoms with van der Waals surface area (Å²) in [6.07, 6.45) is 3.92. The number of rotatable bonds is 2. The van der Waals surface area contributed by atoms with E-state index < -0.39 is 11.6 Å². The molecule has 0 spiro atoms. The summed E-state index contributed by atoms with van der Waals surface area (Å²) in [5.74, 6) is -1.05. The topological polar surface area (TPSA) is 42.9 Å². The van der Waals surface area contributed by atoms with E-state index in [4.69, 9.17) is 0 Å². The molecule has 2 rings (SSSR count). The molecular weight excluding hydrogens is 207 g/mol. The van der Waals surface area contributed by atoms with Gasteiger partial charge in [-0.3, -0.25) is 14.8 Å². The zero-order valence-corrected chi connectivity index (χ0v) is 8.64. The molecule has 80 valence electrons. The first-order valence-corrected chi connectivity index (χ1v) is 4.76. The van der Waals surface area contributed by atoms with Crippen LogP contribution in [-0.2, 0) is 0 Å². The molecule has 0 fully saturated rings. The lowest BCUT2D eigenvalue weighted by Gasteiger charge is -2.03. The molecule has 0 aliphatic rings. The van der Waals surface area contributed by atoms with Crippen LogP contribution < -0.4 is 0 Å². The van der Waals surface area contributed by atoms with Gasteiger partial charge in [-0.15, -0.1) is 0 Å². The highest BCUT2D eigenvalue weighted by atomic mass is 19.1. The van der Waals surface area contributed by atoms with Crippen LogP contribution in [0.3, 0.4) is 0 Å². The first-order chi connectivity index (χ1) is 7.70. The number of carbonyl (C=O) groups is 1. The average molecular weight is 216 g/mol. The third-order valence-corrected chi connectivity index (χ3v) is 2.24. The smallest absolute Gasteiger partial charge is 0.214 e. The number of nitrogens with zero attached hydrogens (tertiary/aromatic N) is 2. The van der Waals surface area contributed by atoms with Gasteiger partial charge in [-0.05, 0) is 24.6 Å². The summed E-state index contributed by atoms with van der Waals surface area (Å²) in [6.45, 7) is 1.76. The Morgan fingerprint density at radius 1 is 1.31 bits per heavy atom. The van der Waals surface area contributed by atoms with E-state index in [1.165, 1.54) is 18.5 Å². The van der Waals surface area contributed by atoms with Crippen molar-refractivity contribution in [3.63, 3.8) is 0 Å². The van der Waals surface area contributed by atoms with E-state index in [0.29, 0.717) is 0 Å². The van der Waals surface area contributed by atoms with E-state index >= 15 is 0 Å². The minimum absolute atomic E-state index is 0.00296. The quantitative estimate of drug-likeness (QED) is 0.722. The van der Waals surface area contributed by atoms with Crippen LogP contribution in [0.1, 0.15) is 21.6 Å². The molecule has 3 nitrogen and oxygen atoms in total. The summed E-state index contributed by atoms with van der Waals surface area (Å²) in [4.78, 5) is 19.5. The Hall–Kier alpha value is -2.10. The number of ketones is 1. The van der Waals surface area contributed by atoms with Crippen LogP contribution in [0.25, 0.3) is 0 Å². The summed E-state index contributed by atoms with van der Waals surface area (Å²) in [7, 11) is 0. The number of aromatic nitrogens is 2. The first-order valence-electron chi connectivity index (χ1n) is 4.76. The van der Waals surface area contributed by atoms with Gasteiger partial charge in [0.1, 0.15) is 5.69 Å². The molecule has 0 N–H and O–H groups in total. The lowest BCUT2D eigenvalue weighted by molar-refractivity contribution is 0.103. The highest BCUT2D eigenvalue weighted by Gasteiger charge is 2.16. The number of carbonyl (C=O) groups excluding carboxylic acids is 1. The Labute approximate surface area is 92.0 Å². The fourth-order valence-corrected chi connectivity index (χ4v) is 1.41. The molecule has 0 saturated heterocycles. The van der Waals surface area contributed by atoms with E-state index in [9.17, 15) is 9.18 Å². The van der Waals surface area contributed by atoms with Crippen LogP contribution in [0.2, 0.25) is 0 Å². The summed E-state index contributed by atoms with van der Waals surface area (Å²) in [6, 6.07) is 4.85. The van der Waals surface area contributed by atoms with Crippen molar-refractivity contribution in [1.82, 2.24) is 9.97 Å². The number of hydrogen-bond donors (Lipinski definition) is 0. The minimum atomic E-state index is -0.627. The zero-order chi connectivity index (χ0) is 11.5. The van der Waals surface area contributed by atoms with Crippen LogP contribution in [0.4, 0.5) is 4.39 Å². The Morgan fingerprint density at radius 3 is 2.81 bits per heavy atom. The molecule has 0 aliphatic carbocycles. The van der Waals surface area contributed by atoms with Crippen LogP contribution in [0.15, 0.2) is 36.8 Å². The predicted molar refractivity (Wildman–Crippen MR) is 56.6 cm³/mol. The van der Waals surface area contributed by atoms with Crippen molar-refractivity contribution in [3.05, 3.63) is 59.4 Å². The molecule has 0 aromatic carbocycles. The normalized spacial score (nSPS) is 10.1. The molecule has 0 amide bonds. The maximum absolute atomic E-state index is 13.3. The average Bonchev–Trinajstić information content (AvgIpc) is 2.29. The summed E-state index contributed by atoms with van der Waals surface area (Å²) in [5, 5.41) is 0. The van der Waals surface area contributed by atoms with Gasteiger partial charge < -0.3 is 0 Å². The van der Waals surface area contributed by atoms with Gasteiger partial charge >= 0.3 is 0 Å². The lowest BCUT2D eigenvalue weighted by Crippen LogP contribution is -2.08. The van der Waals surface area contributed by atoms with Crippen LogP contribution in [0.5, 0.6) is 0 Å². The summed E-state index contributed by atoms with van der Waals surface area (Å²) in [5.41, 5.74) is 0.994. The van der Waals surface area contributed by atoms with Gasteiger partial charge in [0, 0.05) is 12.4 Å². The van der Waals surface area contributed by atoms with Gasteiger partial charge in [0.05, 0.1) is 11.8 Å². The maximum Gasteiger partial charge on any atom is 0.214 e. The molecule has 0 aliphatic heterocycles. The van der Waals surface area contributed by atoms with E-state index in [1.807, 2.05) is 0 Å². The minimum Gasteiger partial charge on any atom is -0.287 e. The van der Waals surface area contributed by atoms with Crippen molar-refractivity contribution in [2.75, 3.05) is 0 Å². The summed E-state index contributed by atoms with van der Waals surface area (Å²) >= 11 is 0. The molecule has 2 aromatic heterocycles. The Kier molecular flexibility index (Phi) is 2.72. The third-order valence-electron chi connectivity index (χ3n) is 2.24. The summed E-state index contributed by atoms with van der Waals surface area (Å²) < 4.78 is 13.3. The molecule has 16 heavy (non-hydrogen) atoms.